The number of rotatable bonds is 5. The second kappa shape index (κ2) is 6.34. The molecule has 3 rings (SSSR count). The van der Waals surface area contributed by atoms with Gasteiger partial charge in [0.25, 0.3) is 0 Å². The van der Waals surface area contributed by atoms with E-state index in [1.165, 1.54) is 23.1 Å². The lowest BCUT2D eigenvalue weighted by Gasteiger charge is -2.26. The lowest BCUT2D eigenvalue weighted by Crippen LogP contribution is -2.41. The standard InChI is InChI=1S/C16H18N6O2S/c1-12-4-5-13(10-17-12)16(2,3)19-25(23,24)15-8-6-14(7-9-15)22-11-18-20-21-22/h4-11,19H,1-3H3. The molecule has 0 radical (unpaired) electrons. The topological polar surface area (TPSA) is 103 Å². The van der Waals surface area contributed by atoms with Crippen molar-refractivity contribution < 1.29 is 8.42 Å². The zero-order valence-corrected chi connectivity index (χ0v) is 14.9. The second-order valence-electron chi connectivity index (χ2n) is 6.17. The molecule has 2 aromatic heterocycles. The SMILES string of the molecule is Cc1ccc(C(C)(C)NS(=O)(=O)c2ccc(-n3cnnn3)cc2)cn1. The lowest BCUT2D eigenvalue weighted by molar-refractivity contribution is 0.470. The van der Waals surface area contributed by atoms with E-state index in [0.717, 1.165) is 11.3 Å². The van der Waals surface area contributed by atoms with Crippen LogP contribution in [0.3, 0.4) is 0 Å². The largest absolute Gasteiger partial charge is 0.261 e. The molecule has 0 saturated heterocycles. The molecule has 0 aliphatic rings. The van der Waals surface area contributed by atoms with Gasteiger partial charge in [0, 0.05) is 11.9 Å². The number of nitrogens with zero attached hydrogens (tertiary/aromatic N) is 5. The molecule has 2 heterocycles. The lowest BCUT2D eigenvalue weighted by atomic mass is 9.97. The molecule has 0 amide bonds. The Bertz CT molecular complexity index is 949. The molecule has 0 unspecified atom stereocenters. The van der Waals surface area contributed by atoms with Crippen LogP contribution in [-0.2, 0) is 15.6 Å². The predicted octanol–water partition coefficient (Wildman–Crippen LogP) is 1.58. The Balaban J connectivity index is 1.85. The Kier molecular flexibility index (Phi) is 4.36. The van der Waals surface area contributed by atoms with Gasteiger partial charge >= 0.3 is 0 Å². The third-order valence-corrected chi connectivity index (χ3v) is 5.45. The Morgan fingerprint density at radius 1 is 1.08 bits per heavy atom. The Morgan fingerprint density at radius 3 is 2.36 bits per heavy atom. The van der Waals surface area contributed by atoms with Crippen LogP contribution in [0.25, 0.3) is 5.69 Å². The molecule has 0 bridgehead atoms. The number of aryl methyl sites for hydroxylation is 1. The van der Waals surface area contributed by atoms with Gasteiger partial charge in [-0.15, -0.1) is 5.10 Å². The molecule has 1 N–H and O–H groups in total. The number of tetrazole rings is 1. The van der Waals surface area contributed by atoms with Gasteiger partial charge in [0.1, 0.15) is 6.33 Å². The van der Waals surface area contributed by atoms with Crippen molar-refractivity contribution in [3.8, 4) is 5.69 Å². The van der Waals surface area contributed by atoms with E-state index < -0.39 is 15.6 Å². The number of benzene rings is 1. The summed E-state index contributed by atoms with van der Waals surface area (Å²) in [5.74, 6) is 0. The van der Waals surface area contributed by atoms with Crippen LogP contribution in [0.2, 0.25) is 0 Å². The van der Waals surface area contributed by atoms with Crippen molar-refractivity contribution in [1.82, 2.24) is 29.9 Å². The Hall–Kier alpha value is -2.65. The maximum atomic E-state index is 12.7. The molecule has 0 saturated carbocycles. The van der Waals surface area contributed by atoms with Crippen molar-refractivity contribution in [1.29, 1.82) is 0 Å². The third kappa shape index (κ3) is 3.72. The summed E-state index contributed by atoms with van der Waals surface area (Å²) in [6, 6.07) is 10.0. The average Bonchev–Trinajstić information content (AvgIpc) is 3.09. The van der Waals surface area contributed by atoms with E-state index in [2.05, 4.69) is 25.2 Å². The maximum absolute atomic E-state index is 12.7. The first kappa shape index (κ1) is 17.2. The number of aromatic nitrogens is 5. The highest BCUT2D eigenvalue weighted by Crippen LogP contribution is 2.23. The zero-order valence-electron chi connectivity index (χ0n) is 14.1. The highest BCUT2D eigenvalue weighted by molar-refractivity contribution is 7.89. The highest BCUT2D eigenvalue weighted by Gasteiger charge is 2.28. The normalized spacial score (nSPS) is 12.3. The van der Waals surface area contributed by atoms with Crippen molar-refractivity contribution in [2.75, 3.05) is 0 Å². The Morgan fingerprint density at radius 2 is 1.80 bits per heavy atom. The number of hydrogen-bond donors (Lipinski definition) is 1. The van der Waals surface area contributed by atoms with Crippen molar-refractivity contribution in [2.24, 2.45) is 0 Å². The number of hydrogen-bond acceptors (Lipinski definition) is 6. The molecular formula is C16H18N6O2S. The van der Waals surface area contributed by atoms with Crippen LogP contribution in [0.1, 0.15) is 25.1 Å². The fourth-order valence-electron chi connectivity index (χ4n) is 2.35. The van der Waals surface area contributed by atoms with Gasteiger partial charge in [-0.1, -0.05) is 6.07 Å². The molecule has 8 nitrogen and oxygen atoms in total. The van der Waals surface area contributed by atoms with E-state index in [0.29, 0.717) is 5.69 Å². The quantitative estimate of drug-likeness (QED) is 0.743. The molecule has 0 aliphatic heterocycles. The van der Waals surface area contributed by atoms with E-state index in [4.69, 9.17) is 0 Å². The number of pyridine rings is 1. The first-order chi connectivity index (χ1) is 11.8. The van der Waals surface area contributed by atoms with Crippen LogP contribution >= 0.6 is 0 Å². The second-order valence-corrected chi connectivity index (χ2v) is 7.85. The predicted molar refractivity (Wildman–Crippen MR) is 91.5 cm³/mol. The first-order valence-corrected chi connectivity index (χ1v) is 9.07. The summed E-state index contributed by atoms with van der Waals surface area (Å²) in [4.78, 5) is 4.40. The van der Waals surface area contributed by atoms with Gasteiger partial charge in [0.15, 0.2) is 0 Å². The third-order valence-electron chi connectivity index (χ3n) is 3.78. The summed E-state index contributed by atoms with van der Waals surface area (Å²) in [5, 5.41) is 10.9. The molecule has 1 aromatic carbocycles. The van der Waals surface area contributed by atoms with Crippen LogP contribution in [-0.4, -0.2) is 33.6 Å². The van der Waals surface area contributed by atoms with E-state index >= 15 is 0 Å². The minimum atomic E-state index is -3.70. The van der Waals surface area contributed by atoms with Gasteiger partial charge in [0.05, 0.1) is 16.1 Å². The number of nitrogens with one attached hydrogen (secondary N) is 1. The minimum Gasteiger partial charge on any atom is -0.261 e. The zero-order chi connectivity index (χ0) is 18.1. The average molecular weight is 358 g/mol. The van der Waals surface area contributed by atoms with Crippen LogP contribution in [0.15, 0.2) is 53.8 Å². The van der Waals surface area contributed by atoms with Crippen LogP contribution in [0.4, 0.5) is 0 Å². The van der Waals surface area contributed by atoms with Crippen LogP contribution < -0.4 is 4.72 Å². The van der Waals surface area contributed by atoms with Crippen molar-refractivity contribution in [3.63, 3.8) is 0 Å². The van der Waals surface area contributed by atoms with Gasteiger partial charge in [-0.25, -0.2) is 17.8 Å². The monoisotopic (exact) mass is 358 g/mol. The van der Waals surface area contributed by atoms with E-state index in [1.54, 1.807) is 32.2 Å². The summed E-state index contributed by atoms with van der Waals surface area (Å²) in [5.41, 5.74) is 1.53. The summed E-state index contributed by atoms with van der Waals surface area (Å²) >= 11 is 0. The van der Waals surface area contributed by atoms with Crippen LogP contribution in [0.5, 0.6) is 0 Å². The van der Waals surface area contributed by atoms with E-state index in [1.807, 2.05) is 19.1 Å². The Labute approximate surface area is 146 Å². The molecule has 0 aliphatic carbocycles. The summed E-state index contributed by atoms with van der Waals surface area (Å²) < 4.78 is 29.6. The van der Waals surface area contributed by atoms with E-state index in [-0.39, 0.29) is 4.90 Å². The van der Waals surface area contributed by atoms with Gasteiger partial charge in [-0.05, 0) is 67.1 Å². The molecular weight excluding hydrogens is 340 g/mol. The van der Waals surface area contributed by atoms with Crippen molar-refractivity contribution >= 4 is 10.0 Å². The molecule has 25 heavy (non-hydrogen) atoms. The van der Waals surface area contributed by atoms with Crippen molar-refractivity contribution in [2.45, 2.75) is 31.2 Å². The fourth-order valence-corrected chi connectivity index (χ4v) is 3.75. The highest BCUT2D eigenvalue weighted by atomic mass is 32.2. The molecule has 0 atom stereocenters. The summed E-state index contributed by atoms with van der Waals surface area (Å²) in [6.07, 6.45) is 3.12. The van der Waals surface area contributed by atoms with Gasteiger partial charge < -0.3 is 0 Å². The minimum absolute atomic E-state index is 0.164. The molecule has 3 aromatic rings. The molecule has 9 heteroatoms. The fraction of sp³-hybridized carbons (Fsp3) is 0.250. The first-order valence-electron chi connectivity index (χ1n) is 7.58. The summed E-state index contributed by atoms with van der Waals surface area (Å²) in [6.45, 7) is 5.48. The van der Waals surface area contributed by atoms with E-state index in [9.17, 15) is 8.42 Å². The van der Waals surface area contributed by atoms with Gasteiger partial charge in [-0.3, -0.25) is 4.98 Å². The smallest absolute Gasteiger partial charge is 0.241 e. The van der Waals surface area contributed by atoms with Gasteiger partial charge in [0.2, 0.25) is 10.0 Å². The van der Waals surface area contributed by atoms with Crippen LogP contribution in [0, 0.1) is 6.92 Å². The van der Waals surface area contributed by atoms with Gasteiger partial charge in [-0.2, -0.15) is 0 Å². The molecule has 0 fully saturated rings. The molecule has 0 spiro atoms. The number of sulfonamides is 1. The summed E-state index contributed by atoms with van der Waals surface area (Å²) in [7, 11) is -3.70. The molecule has 130 valence electrons. The maximum Gasteiger partial charge on any atom is 0.241 e. The van der Waals surface area contributed by atoms with Crippen molar-refractivity contribution in [3.05, 3.63) is 60.2 Å².